The number of hydrogen-bond acceptors (Lipinski definition) is 3. The zero-order chi connectivity index (χ0) is 14.8. The summed E-state index contributed by atoms with van der Waals surface area (Å²) in [6.07, 6.45) is 7.82. The molecule has 1 aromatic rings. The summed E-state index contributed by atoms with van der Waals surface area (Å²) in [5.74, 6) is 0.495. The highest BCUT2D eigenvalue weighted by Gasteiger charge is 2.37. The van der Waals surface area contributed by atoms with Gasteiger partial charge in [0.25, 0.3) is 0 Å². The van der Waals surface area contributed by atoms with Gasteiger partial charge in [-0.3, -0.25) is 9.79 Å². The minimum Gasteiger partial charge on any atom is -0.369 e. The van der Waals surface area contributed by atoms with Gasteiger partial charge >= 0.3 is 0 Å². The van der Waals surface area contributed by atoms with Crippen molar-refractivity contribution in [1.29, 1.82) is 0 Å². The Balaban J connectivity index is 1.95. The van der Waals surface area contributed by atoms with Crippen molar-refractivity contribution >= 4 is 11.7 Å². The van der Waals surface area contributed by atoms with Gasteiger partial charge in [-0.2, -0.15) is 0 Å². The lowest BCUT2D eigenvalue weighted by atomic mass is 9.83. The third-order valence-corrected chi connectivity index (χ3v) is 4.21. The van der Waals surface area contributed by atoms with E-state index < -0.39 is 0 Å². The largest absolute Gasteiger partial charge is 0.369 e. The number of amidine groups is 1. The summed E-state index contributed by atoms with van der Waals surface area (Å²) >= 11 is 0. The number of allylic oxidation sites excluding steroid dienone is 2. The SMILES string of the molecule is C[C@@H](c1ccccc1)C1N=C2C=CC=CN2CC1C(N)=O. The Morgan fingerprint density at radius 2 is 2.10 bits per heavy atom. The first-order valence-electron chi connectivity index (χ1n) is 7.20. The van der Waals surface area contributed by atoms with Crippen LogP contribution in [0.2, 0.25) is 0 Å². The molecule has 0 aromatic heterocycles. The lowest BCUT2D eigenvalue weighted by molar-refractivity contribution is -0.123. The first-order chi connectivity index (χ1) is 10.2. The van der Waals surface area contributed by atoms with Gasteiger partial charge in [-0.1, -0.05) is 43.3 Å². The van der Waals surface area contributed by atoms with Crippen LogP contribution in [0.4, 0.5) is 0 Å². The Labute approximate surface area is 124 Å². The minimum absolute atomic E-state index is 0.118. The van der Waals surface area contributed by atoms with E-state index in [1.54, 1.807) is 0 Å². The van der Waals surface area contributed by atoms with Gasteiger partial charge in [0.15, 0.2) is 0 Å². The van der Waals surface area contributed by atoms with Gasteiger partial charge < -0.3 is 10.6 Å². The number of carbonyl (C=O) groups is 1. The molecule has 1 amide bonds. The van der Waals surface area contributed by atoms with Crippen LogP contribution in [0, 0.1) is 5.92 Å². The number of nitrogens with zero attached hydrogens (tertiary/aromatic N) is 2. The maximum absolute atomic E-state index is 11.9. The van der Waals surface area contributed by atoms with Gasteiger partial charge in [-0.05, 0) is 17.7 Å². The van der Waals surface area contributed by atoms with Crippen LogP contribution < -0.4 is 5.73 Å². The summed E-state index contributed by atoms with van der Waals surface area (Å²) < 4.78 is 0. The molecule has 2 aliphatic rings. The van der Waals surface area contributed by atoms with Gasteiger partial charge in [0.1, 0.15) is 5.84 Å². The first kappa shape index (κ1) is 13.6. The van der Waals surface area contributed by atoms with Crippen molar-refractivity contribution in [3.8, 4) is 0 Å². The Hall–Kier alpha value is -2.36. The van der Waals surface area contributed by atoms with Crippen LogP contribution in [0.1, 0.15) is 18.4 Å². The molecule has 21 heavy (non-hydrogen) atoms. The molecule has 2 aliphatic heterocycles. The molecular formula is C17H19N3O. The molecule has 0 saturated carbocycles. The van der Waals surface area contributed by atoms with Crippen LogP contribution in [0.25, 0.3) is 0 Å². The van der Waals surface area contributed by atoms with E-state index in [2.05, 4.69) is 19.1 Å². The number of hydrogen-bond donors (Lipinski definition) is 1. The first-order valence-corrected chi connectivity index (χ1v) is 7.20. The fraction of sp³-hybridized carbons (Fsp3) is 0.294. The van der Waals surface area contributed by atoms with E-state index in [1.165, 1.54) is 5.56 Å². The zero-order valence-electron chi connectivity index (χ0n) is 12.0. The minimum atomic E-state index is -0.284. The number of carbonyl (C=O) groups excluding carboxylic acids is 1. The van der Waals surface area contributed by atoms with Crippen molar-refractivity contribution in [2.45, 2.75) is 18.9 Å². The molecule has 0 saturated heterocycles. The van der Waals surface area contributed by atoms with Crippen LogP contribution in [-0.4, -0.2) is 29.2 Å². The van der Waals surface area contributed by atoms with E-state index in [4.69, 9.17) is 10.7 Å². The molecule has 2 heterocycles. The molecule has 0 radical (unpaired) electrons. The van der Waals surface area contributed by atoms with Crippen molar-refractivity contribution in [3.05, 3.63) is 60.3 Å². The van der Waals surface area contributed by atoms with Crippen molar-refractivity contribution in [2.24, 2.45) is 16.6 Å². The topological polar surface area (TPSA) is 58.7 Å². The van der Waals surface area contributed by atoms with Gasteiger partial charge in [0.05, 0.1) is 12.0 Å². The monoisotopic (exact) mass is 281 g/mol. The van der Waals surface area contributed by atoms with Crippen molar-refractivity contribution in [1.82, 2.24) is 4.90 Å². The molecular weight excluding hydrogens is 262 g/mol. The summed E-state index contributed by atoms with van der Waals surface area (Å²) in [5, 5.41) is 0. The maximum atomic E-state index is 11.9. The third kappa shape index (κ3) is 2.61. The average molecular weight is 281 g/mol. The molecule has 0 aliphatic carbocycles. The lowest BCUT2D eigenvalue weighted by Gasteiger charge is -2.37. The summed E-state index contributed by atoms with van der Waals surface area (Å²) in [5.41, 5.74) is 6.80. The number of aliphatic imine (C=N–C) groups is 1. The highest BCUT2D eigenvalue weighted by Crippen LogP contribution is 2.31. The van der Waals surface area contributed by atoms with E-state index in [0.29, 0.717) is 6.54 Å². The summed E-state index contributed by atoms with van der Waals surface area (Å²) in [6.45, 7) is 2.70. The van der Waals surface area contributed by atoms with Gasteiger partial charge in [-0.15, -0.1) is 0 Å². The number of fused-ring (bicyclic) bond motifs is 1. The maximum Gasteiger partial charge on any atom is 0.224 e. The molecule has 1 aromatic carbocycles. The van der Waals surface area contributed by atoms with Crippen LogP contribution in [0.3, 0.4) is 0 Å². The summed E-state index contributed by atoms with van der Waals surface area (Å²) in [4.78, 5) is 18.6. The van der Waals surface area contributed by atoms with Gasteiger partial charge in [-0.25, -0.2) is 0 Å². The average Bonchev–Trinajstić information content (AvgIpc) is 2.53. The number of primary amides is 1. The predicted octanol–water partition coefficient (Wildman–Crippen LogP) is 2.06. The van der Waals surface area contributed by atoms with E-state index in [-0.39, 0.29) is 23.8 Å². The molecule has 2 unspecified atom stereocenters. The van der Waals surface area contributed by atoms with Gasteiger partial charge in [0, 0.05) is 18.7 Å². The Bertz CT molecular complexity index is 618. The number of nitrogens with two attached hydrogens (primary N) is 1. The lowest BCUT2D eigenvalue weighted by Crippen LogP contribution is -2.48. The van der Waals surface area contributed by atoms with Crippen molar-refractivity contribution in [2.75, 3.05) is 6.54 Å². The second-order valence-corrected chi connectivity index (χ2v) is 5.54. The number of benzene rings is 1. The molecule has 0 bridgehead atoms. The normalized spacial score (nSPS) is 25.2. The number of rotatable bonds is 3. The number of amides is 1. The predicted molar refractivity (Wildman–Crippen MR) is 83.8 cm³/mol. The van der Waals surface area contributed by atoms with Gasteiger partial charge in [0.2, 0.25) is 5.91 Å². The molecule has 0 spiro atoms. The van der Waals surface area contributed by atoms with E-state index in [9.17, 15) is 4.79 Å². The molecule has 108 valence electrons. The van der Waals surface area contributed by atoms with E-state index in [0.717, 1.165) is 5.84 Å². The second-order valence-electron chi connectivity index (χ2n) is 5.54. The molecule has 3 atom stereocenters. The fourth-order valence-corrected chi connectivity index (χ4v) is 2.97. The smallest absolute Gasteiger partial charge is 0.224 e. The molecule has 2 N–H and O–H groups in total. The Kier molecular flexibility index (Phi) is 3.60. The standard InChI is InChI=1S/C17H19N3O/c1-12(13-7-3-2-4-8-13)16-14(17(18)21)11-20-10-6-5-9-15(20)19-16/h2-10,12,14,16H,11H2,1H3,(H2,18,21)/t12-,14?,16?/m0/s1. The van der Waals surface area contributed by atoms with Crippen LogP contribution in [0.5, 0.6) is 0 Å². The molecule has 4 heteroatoms. The van der Waals surface area contributed by atoms with Crippen molar-refractivity contribution < 1.29 is 4.79 Å². The van der Waals surface area contributed by atoms with E-state index in [1.807, 2.05) is 47.5 Å². The Morgan fingerprint density at radius 1 is 1.33 bits per heavy atom. The quantitative estimate of drug-likeness (QED) is 0.922. The summed E-state index contributed by atoms with van der Waals surface area (Å²) in [6, 6.07) is 10.0. The molecule has 3 rings (SSSR count). The van der Waals surface area contributed by atoms with Crippen LogP contribution in [-0.2, 0) is 4.79 Å². The van der Waals surface area contributed by atoms with E-state index >= 15 is 0 Å². The molecule has 4 nitrogen and oxygen atoms in total. The second kappa shape index (κ2) is 5.56. The van der Waals surface area contributed by atoms with Crippen molar-refractivity contribution in [3.63, 3.8) is 0 Å². The highest BCUT2D eigenvalue weighted by molar-refractivity contribution is 5.96. The third-order valence-electron chi connectivity index (χ3n) is 4.21. The highest BCUT2D eigenvalue weighted by atomic mass is 16.1. The zero-order valence-corrected chi connectivity index (χ0v) is 12.0. The van der Waals surface area contributed by atoms with Crippen LogP contribution >= 0.6 is 0 Å². The summed E-state index contributed by atoms with van der Waals surface area (Å²) in [7, 11) is 0. The van der Waals surface area contributed by atoms with Crippen LogP contribution in [0.15, 0.2) is 59.8 Å². The fourth-order valence-electron chi connectivity index (χ4n) is 2.97. The molecule has 0 fully saturated rings. The Morgan fingerprint density at radius 3 is 2.81 bits per heavy atom.